The van der Waals surface area contributed by atoms with Crippen LogP contribution in [0.5, 0.6) is 0 Å². The molecule has 1 aliphatic rings. The fourth-order valence-corrected chi connectivity index (χ4v) is 2.80. The van der Waals surface area contributed by atoms with Crippen molar-refractivity contribution in [1.82, 2.24) is 9.88 Å². The SMILES string of the molecule is COC(=O)C(C)CN=C(N)N1CCN(c2nccs2)CC1. The van der Waals surface area contributed by atoms with Crippen molar-refractivity contribution < 1.29 is 9.53 Å². The Bertz CT molecular complexity index is 483. The highest BCUT2D eigenvalue weighted by Gasteiger charge is 2.20. The van der Waals surface area contributed by atoms with E-state index in [0.29, 0.717) is 12.5 Å². The normalized spacial score (nSPS) is 17.7. The third-order valence-electron chi connectivity index (χ3n) is 3.42. The fraction of sp³-hybridized carbons (Fsp3) is 0.615. The molecule has 1 aromatic rings. The smallest absolute Gasteiger partial charge is 0.310 e. The molecule has 0 amide bonds. The minimum atomic E-state index is -0.273. The zero-order chi connectivity index (χ0) is 15.2. The van der Waals surface area contributed by atoms with Crippen molar-refractivity contribution in [2.75, 3.05) is 44.7 Å². The van der Waals surface area contributed by atoms with Gasteiger partial charge < -0.3 is 20.3 Å². The molecule has 0 bridgehead atoms. The van der Waals surface area contributed by atoms with Crippen LogP contribution >= 0.6 is 11.3 Å². The molecule has 1 fully saturated rings. The predicted octanol–water partition coefficient (Wildman–Crippen LogP) is 0.389. The molecule has 1 aliphatic heterocycles. The number of hydrogen-bond acceptors (Lipinski definition) is 6. The summed E-state index contributed by atoms with van der Waals surface area (Å²) >= 11 is 1.64. The number of methoxy groups -OCH3 is 1. The number of anilines is 1. The van der Waals surface area contributed by atoms with Crippen molar-refractivity contribution in [3.63, 3.8) is 0 Å². The largest absolute Gasteiger partial charge is 0.469 e. The van der Waals surface area contributed by atoms with Gasteiger partial charge in [-0.25, -0.2) is 4.98 Å². The van der Waals surface area contributed by atoms with Gasteiger partial charge >= 0.3 is 5.97 Å². The minimum Gasteiger partial charge on any atom is -0.469 e. The number of thiazole rings is 1. The first-order chi connectivity index (χ1) is 10.1. The zero-order valence-corrected chi connectivity index (χ0v) is 13.2. The van der Waals surface area contributed by atoms with Gasteiger partial charge in [-0.05, 0) is 0 Å². The number of nitrogens with zero attached hydrogens (tertiary/aromatic N) is 4. The van der Waals surface area contributed by atoms with E-state index in [-0.39, 0.29) is 11.9 Å². The van der Waals surface area contributed by atoms with E-state index >= 15 is 0 Å². The molecule has 0 spiro atoms. The molecule has 116 valence electrons. The number of guanidine groups is 1. The van der Waals surface area contributed by atoms with E-state index in [9.17, 15) is 4.79 Å². The van der Waals surface area contributed by atoms with Crippen LogP contribution in [0.25, 0.3) is 0 Å². The lowest BCUT2D eigenvalue weighted by atomic mass is 10.2. The van der Waals surface area contributed by atoms with Crippen LogP contribution in [0.4, 0.5) is 5.13 Å². The van der Waals surface area contributed by atoms with E-state index in [1.807, 2.05) is 16.5 Å². The fourth-order valence-electron chi connectivity index (χ4n) is 2.11. The Balaban J connectivity index is 1.82. The molecule has 0 aromatic carbocycles. The summed E-state index contributed by atoms with van der Waals surface area (Å²) in [6, 6.07) is 0. The van der Waals surface area contributed by atoms with Crippen LogP contribution in [0.3, 0.4) is 0 Å². The Labute approximate surface area is 128 Å². The summed E-state index contributed by atoms with van der Waals surface area (Å²) in [7, 11) is 1.38. The van der Waals surface area contributed by atoms with Gasteiger partial charge in [-0.15, -0.1) is 11.3 Å². The highest BCUT2D eigenvalue weighted by atomic mass is 32.1. The second-order valence-corrected chi connectivity index (χ2v) is 5.78. The number of aliphatic imine (C=N–C) groups is 1. The number of hydrogen-bond donors (Lipinski definition) is 1. The van der Waals surface area contributed by atoms with E-state index in [0.717, 1.165) is 31.3 Å². The monoisotopic (exact) mass is 311 g/mol. The van der Waals surface area contributed by atoms with Gasteiger partial charge in [0.25, 0.3) is 0 Å². The number of aromatic nitrogens is 1. The molecule has 21 heavy (non-hydrogen) atoms. The van der Waals surface area contributed by atoms with E-state index in [1.165, 1.54) is 7.11 Å². The first-order valence-corrected chi connectivity index (χ1v) is 7.77. The summed E-state index contributed by atoms with van der Waals surface area (Å²) in [6.45, 7) is 5.49. The lowest BCUT2D eigenvalue weighted by molar-refractivity contribution is -0.144. The van der Waals surface area contributed by atoms with Crippen LogP contribution in [0.1, 0.15) is 6.92 Å². The highest BCUT2D eigenvalue weighted by Crippen LogP contribution is 2.18. The summed E-state index contributed by atoms with van der Waals surface area (Å²) in [5.74, 6) is -0.0464. The number of carbonyl (C=O) groups is 1. The molecule has 0 saturated carbocycles. The maximum atomic E-state index is 11.3. The van der Waals surface area contributed by atoms with E-state index in [4.69, 9.17) is 5.73 Å². The van der Waals surface area contributed by atoms with E-state index in [2.05, 4.69) is 19.6 Å². The van der Waals surface area contributed by atoms with Crippen LogP contribution in [0.2, 0.25) is 0 Å². The van der Waals surface area contributed by atoms with Crippen molar-refractivity contribution in [2.45, 2.75) is 6.92 Å². The van der Waals surface area contributed by atoms with E-state index in [1.54, 1.807) is 18.3 Å². The van der Waals surface area contributed by atoms with Crippen molar-refractivity contribution in [2.24, 2.45) is 16.6 Å². The van der Waals surface area contributed by atoms with Gasteiger partial charge in [0, 0.05) is 37.8 Å². The molecular formula is C13H21N5O2S. The molecule has 2 heterocycles. The second-order valence-electron chi connectivity index (χ2n) is 4.91. The average Bonchev–Trinajstić information content (AvgIpc) is 3.06. The first-order valence-electron chi connectivity index (χ1n) is 6.89. The van der Waals surface area contributed by atoms with Gasteiger partial charge in [0.15, 0.2) is 11.1 Å². The maximum Gasteiger partial charge on any atom is 0.310 e. The lowest BCUT2D eigenvalue weighted by Gasteiger charge is -2.35. The van der Waals surface area contributed by atoms with Crippen molar-refractivity contribution in [3.05, 3.63) is 11.6 Å². The molecule has 7 nitrogen and oxygen atoms in total. The molecule has 1 unspecified atom stereocenters. The number of nitrogens with two attached hydrogens (primary N) is 1. The standard InChI is InChI=1S/C13H21N5O2S/c1-10(11(19)20-2)9-16-12(14)17-4-6-18(7-5-17)13-15-3-8-21-13/h3,8,10H,4-7,9H2,1-2H3,(H2,14,16). The third-order valence-corrected chi connectivity index (χ3v) is 4.26. The molecule has 1 saturated heterocycles. The Morgan fingerprint density at radius 1 is 1.52 bits per heavy atom. The van der Waals surface area contributed by atoms with E-state index < -0.39 is 0 Å². The second kappa shape index (κ2) is 7.26. The molecule has 2 rings (SSSR count). The van der Waals surface area contributed by atoms with Crippen LogP contribution in [0, 0.1) is 5.92 Å². The summed E-state index contributed by atoms with van der Waals surface area (Å²) in [5, 5.41) is 3.02. The van der Waals surface area contributed by atoms with Crippen molar-refractivity contribution in [3.8, 4) is 0 Å². The molecule has 8 heteroatoms. The van der Waals surface area contributed by atoms with Gasteiger partial charge in [-0.3, -0.25) is 9.79 Å². The summed E-state index contributed by atoms with van der Waals surface area (Å²) in [6.07, 6.45) is 1.82. The number of carbonyl (C=O) groups excluding carboxylic acids is 1. The Kier molecular flexibility index (Phi) is 5.38. The molecule has 1 aromatic heterocycles. The van der Waals surface area contributed by atoms with Crippen molar-refractivity contribution in [1.29, 1.82) is 0 Å². The van der Waals surface area contributed by atoms with Gasteiger partial charge in [-0.2, -0.15) is 0 Å². The Morgan fingerprint density at radius 3 is 2.81 bits per heavy atom. The van der Waals surface area contributed by atoms with Gasteiger partial charge in [0.05, 0.1) is 19.6 Å². The maximum absolute atomic E-state index is 11.3. The third kappa shape index (κ3) is 4.07. The molecule has 0 radical (unpaired) electrons. The summed E-state index contributed by atoms with van der Waals surface area (Å²) in [4.78, 5) is 24.2. The number of rotatable bonds is 4. The van der Waals surface area contributed by atoms with Crippen LogP contribution < -0.4 is 10.6 Å². The Morgan fingerprint density at radius 2 is 2.24 bits per heavy atom. The highest BCUT2D eigenvalue weighted by molar-refractivity contribution is 7.13. The van der Waals surface area contributed by atoms with Gasteiger partial charge in [-0.1, -0.05) is 6.92 Å². The number of piperazine rings is 1. The van der Waals surface area contributed by atoms with Crippen LogP contribution in [-0.2, 0) is 9.53 Å². The number of esters is 1. The minimum absolute atomic E-state index is 0.264. The molecule has 2 N–H and O–H groups in total. The summed E-state index contributed by atoms with van der Waals surface area (Å²) in [5.41, 5.74) is 5.99. The lowest BCUT2D eigenvalue weighted by Crippen LogP contribution is -2.51. The first kappa shape index (κ1) is 15.6. The molecular weight excluding hydrogens is 290 g/mol. The average molecular weight is 311 g/mol. The van der Waals surface area contributed by atoms with Crippen LogP contribution in [0.15, 0.2) is 16.6 Å². The molecule has 0 aliphatic carbocycles. The van der Waals surface area contributed by atoms with Gasteiger partial charge in [0.1, 0.15) is 0 Å². The quantitative estimate of drug-likeness (QED) is 0.492. The summed E-state index contributed by atoms with van der Waals surface area (Å²) < 4.78 is 4.67. The predicted molar refractivity (Wildman–Crippen MR) is 83.6 cm³/mol. The topological polar surface area (TPSA) is 84.0 Å². The van der Waals surface area contributed by atoms with Crippen LogP contribution in [-0.4, -0.2) is 61.6 Å². The van der Waals surface area contributed by atoms with Crippen molar-refractivity contribution >= 4 is 28.4 Å². The number of ether oxygens (including phenoxy) is 1. The van der Waals surface area contributed by atoms with Gasteiger partial charge in [0.2, 0.25) is 0 Å². The molecule has 1 atom stereocenters. The zero-order valence-electron chi connectivity index (χ0n) is 12.4. The Hall–Kier alpha value is -1.83.